The Balaban J connectivity index is 2.07. The number of hydrogen-bond acceptors (Lipinski definition) is 2. The van der Waals surface area contributed by atoms with Crippen LogP contribution in [0.25, 0.3) is 0 Å². The molecule has 2 rings (SSSR count). The van der Waals surface area contributed by atoms with E-state index in [0.717, 1.165) is 0 Å². The third kappa shape index (κ3) is 3.01. The van der Waals surface area contributed by atoms with Crippen LogP contribution < -0.4 is 5.32 Å². The molecule has 19 heavy (non-hydrogen) atoms. The van der Waals surface area contributed by atoms with E-state index in [-0.39, 0.29) is 18.0 Å². The van der Waals surface area contributed by atoms with Gasteiger partial charge in [0.1, 0.15) is 5.82 Å². The average molecular weight is 328 g/mol. The molecule has 6 heteroatoms. The van der Waals surface area contributed by atoms with Crippen LogP contribution in [0.3, 0.4) is 0 Å². The number of aliphatic carboxylic acids is 1. The molecule has 0 saturated carbocycles. The Morgan fingerprint density at radius 3 is 2.68 bits per heavy atom. The first kappa shape index (κ1) is 13.7. The summed E-state index contributed by atoms with van der Waals surface area (Å²) in [4.78, 5) is 22.7. The number of carbonyl (C=O) groups excluding carboxylic acids is 1. The zero-order valence-corrected chi connectivity index (χ0v) is 11.4. The van der Waals surface area contributed by atoms with Gasteiger partial charge in [-0.1, -0.05) is 18.2 Å². The minimum Gasteiger partial charge on any atom is -0.481 e. The van der Waals surface area contributed by atoms with Crippen molar-refractivity contribution in [2.45, 2.75) is 12.5 Å². The van der Waals surface area contributed by atoms with Crippen LogP contribution in [0.5, 0.6) is 0 Å². The van der Waals surface area contributed by atoms with Crippen LogP contribution in [0.4, 0.5) is 4.39 Å². The molecule has 0 spiro atoms. The van der Waals surface area contributed by atoms with Crippen LogP contribution in [0.15, 0.2) is 34.8 Å². The molecule has 2 unspecified atom stereocenters. The Bertz CT molecular complexity index is 539. The highest BCUT2D eigenvalue weighted by molar-refractivity contribution is 9.10. The lowest BCUT2D eigenvalue weighted by Gasteiger charge is -2.13. The van der Waals surface area contributed by atoms with E-state index >= 15 is 0 Å². The molecule has 0 saturated heterocycles. The fraction of sp³-hybridized carbons (Fsp3) is 0.231. The molecular formula is C13H11BrFNO3. The van der Waals surface area contributed by atoms with E-state index in [1.165, 1.54) is 18.2 Å². The number of hydrogen-bond donors (Lipinski definition) is 2. The summed E-state index contributed by atoms with van der Waals surface area (Å²) >= 11 is 3.12. The van der Waals surface area contributed by atoms with E-state index in [2.05, 4.69) is 21.2 Å². The lowest BCUT2D eigenvalue weighted by atomic mass is 10.1. The van der Waals surface area contributed by atoms with E-state index in [1.807, 2.05) is 0 Å². The van der Waals surface area contributed by atoms with Crippen LogP contribution in [0.2, 0.25) is 0 Å². The Morgan fingerprint density at radius 1 is 1.37 bits per heavy atom. The minimum atomic E-state index is -0.930. The van der Waals surface area contributed by atoms with Crippen molar-refractivity contribution in [2.75, 3.05) is 0 Å². The summed E-state index contributed by atoms with van der Waals surface area (Å²) in [5.74, 6) is -2.72. The van der Waals surface area contributed by atoms with Crippen molar-refractivity contribution in [2.24, 2.45) is 5.92 Å². The van der Waals surface area contributed by atoms with Gasteiger partial charge in [-0.05, 0) is 34.5 Å². The Morgan fingerprint density at radius 2 is 2.11 bits per heavy atom. The zero-order valence-electron chi connectivity index (χ0n) is 9.77. The van der Waals surface area contributed by atoms with Crippen molar-refractivity contribution in [1.29, 1.82) is 0 Å². The van der Waals surface area contributed by atoms with Crippen molar-refractivity contribution < 1.29 is 19.1 Å². The highest BCUT2D eigenvalue weighted by Gasteiger charge is 2.26. The Hall–Kier alpha value is -1.69. The molecule has 100 valence electrons. The van der Waals surface area contributed by atoms with E-state index in [4.69, 9.17) is 5.11 Å². The summed E-state index contributed by atoms with van der Waals surface area (Å²) in [5.41, 5.74) is -0.0744. The third-order valence-electron chi connectivity index (χ3n) is 2.91. The maximum Gasteiger partial charge on any atom is 0.310 e. The number of halogens is 2. The largest absolute Gasteiger partial charge is 0.481 e. The van der Waals surface area contributed by atoms with Gasteiger partial charge in [0.15, 0.2) is 0 Å². The third-order valence-corrected chi connectivity index (χ3v) is 3.57. The summed E-state index contributed by atoms with van der Waals surface area (Å²) in [5, 5.41) is 11.4. The van der Waals surface area contributed by atoms with E-state index in [0.29, 0.717) is 4.47 Å². The Kier molecular flexibility index (Phi) is 3.99. The molecule has 4 nitrogen and oxygen atoms in total. The summed E-state index contributed by atoms with van der Waals surface area (Å²) in [6, 6.07) is 3.87. The molecule has 2 N–H and O–H groups in total. The van der Waals surface area contributed by atoms with Gasteiger partial charge in [-0.3, -0.25) is 9.59 Å². The highest BCUT2D eigenvalue weighted by atomic mass is 79.9. The molecular weight excluding hydrogens is 317 g/mol. The number of carbonyl (C=O) groups is 2. The van der Waals surface area contributed by atoms with Crippen LogP contribution in [0.1, 0.15) is 16.8 Å². The maximum atomic E-state index is 13.6. The van der Waals surface area contributed by atoms with Gasteiger partial charge in [-0.25, -0.2) is 4.39 Å². The van der Waals surface area contributed by atoms with Gasteiger partial charge >= 0.3 is 5.97 Å². The van der Waals surface area contributed by atoms with Crippen molar-refractivity contribution in [3.63, 3.8) is 0 Å². The molecule has 2 atom stereocenters. The molecule has 0 aliphatic heterocycles. The van der Waals surface area contributed by atoms with Crippen molar-refractivity contribution in [3.05, 3.63) is 46.2 Å². The van der Waals surface area contributed by atoms with E-state index < -0.39 is 23.6 Å². The summed E-state index contributed by atoms with van der Waals surface area (Å²) < 4.78 is 13.9. The molecule has 1 aliphatic rings. The first-order chi connectivity index (χ1) is 8.99. The molecule has 0 aromatic heterocycles. The first-order valence-electron chi connectivity index (χ1n) is 5.65. The summed E-state index contributed by atoms with van der Waals surface area (Å²) in [6.45, 7) is 0. The normalized spacial score (nSPS) is 21.4. The molecule has 0 radical (unpaired) electrons. The summed E-state index contributed by atoms with van der Waals surface area (Å²) in [6.07, 6.45) is 3.43. The lowest BCUT2D eigenvalue weighted by molar-refractivity contribution is -0.140. The monoisotopic (exact) mass is 327 g/mol. The minimum absolute atomic E-state index is 0.0744. The standard InChI is InChI=1S/C13H11BrFNO3/c14-9-2-1-3-10(15)11(9)12(17)16-8-5-4-7(6-8)13(18)19/h1-5,7-8H,6H2,(H,16,17)(H,18,19). The van der Waals surface area contributed by atoms with Gasteiger partial charge in [-0.15, -0.1) is 0 Å². The molecule has 0 heterocycles. The lowest BCUT2D eigenvalue weighted by Crippen LogP contribution is -2.34. The molecule has 1 aliphatic carbocycles. The molecule has 1 amide bonds. The molecule has 1 aromatic rings. The zero-order chi connectivity index (χ0) is 14.0. The van der Waals surface area contributed by atoms with E-state index in [9.17, 15) is 14.0 Å². The SMILES string of the molecule is O=C(NC1C=CC(C(=O)O)C1)c1c(F)cccc1Br. The van der Waals surface area contributed by atoms with Gasteiger partial charge in [0.2, 0.25) is 0 Å². The van der Waals surface area contributed by atoms with Crippen molar-refractivity contribution >= 4 is 27.8 Å². The second kappa shape index (κ2) is 5.52. The van der Waals surface area contributed by atoms with Gasteiger partial charge < -0.3 is 10.4 Å². The number of carboxylic acids is 1. The summed E-state index contributed by atoms with van der Waals surface area (Å²) in [7, 11) is 0. The Labute approximate surface area is 117 Å². The number of rotatable bonds is 3. The second-order valence-corrected chi connectivity index (χ2v) is 5.10. The first-order valence-corrected chi connectivity index (χ1v) is 6.44. The smallest absolute Gasteiger partial charge is 0.310 e. The van der Waals surface area contributed by atoms with Gasteiger partial charge in [0.05, 0.1) is 11.5 Å². The van der Waals surface area contributed by atoms with Gasteiger partial charge in [0.25, 0.3) is 5.91 Å². The number of amides is 1. The van der Waals surface area contributed by atoms with Crippen LogP contribution in [0, 0.1) is 11.7 Å². The maximum absolute atomic E-state index is 13.6. The number of nitrogens with one attached hydrogen (secondary N) is 1. The predicted molar refractivity (Wildman–Crippen MR) is 70.2 cm³/mol. The quantitative estimate of drug-likeness (QED) is 0.837. The fourth-order valence-corrected chi connectivity index (χ4v) is 2.47. The fourth-order valence-electron chi connectivity index (χ4n) is 1.94. The van der Waals surface area contributed by atoms with Gasteiger partial charge in [0, 0.05) is 10.5 Å². The average Bonchev–Trinajstić information content (AvgIpc) is 2.77. The van der Waals surface area contributed by atoms with Crippen LogP contribution in [-0.4, -0.2) is 23.0 Å². The van der Waals surface area contributed by atoms with Crippen molar-refractivity contribution in [1.82, 2.24) is 5.32 Å². The predicted octanol–water partition coefficient (Wildman–Crippen LogP) is 2.35. The van der Waals surface area contributed by atoms with Crippen molar-refractivity contribution in [3.8, 4) is 0 Å². The molecule has 0 bridgehead atoms. The van der Waals surface area contributed by atoms with Crippen LogP contribution >= 0.6 is 15.9 Å². The molecule has 0 fully saturated rings. The molecule has 1 aromatic carbocycles. The highest BCUT2D eigenvalue weighted by Crippen LogP contribution is 2.22. The second-order valence-electron chi connectivity index (χ2n) is 4.24. The van der Waals surface area contributed by atoms with Crippen LogP contribution in [-0.2, 0) is 4.79 Å². The number of benzene rings is 1. The number of carboxylic acid groups (broad SMARTS) is 1. The van der Waals surface area contributed by atoms with Gasteiger partial charge in [-0.2, -0.15) is 0 Å². The topological polar surface area (TPSA) is 66.4 Å². The van der Waals surface area contributed by atoms with E-state index in [1.54, 1.807) is 12.1 Å².